The molecule has 0 bridgehead atoms. The van der Waals surface area contributed by atoms with Gasteiger partial charge in [-0.3, -0.25) is 10.1 Å². The Bertz CT molecular complexity index is 470. The monoisotopic (exact) mass is 296 g/mol. The van der Waals surface area contributed by atoms with Gasteiger partial charge in [0.05, 0.1) is 0 Å². The number of amides is 3. The number of ether oxygens (including phenoxy) is 1. The Labute approximate surface area is 122 Å². The van der Waals surface area contributed by atoms with Crippen molar-refractivity contribution in [3.05, 3.63) is 29.3 Å². The number of carbonyl (C=O) groups excluding carboxylic acids is 2. The molecule has 20 heavy (non-hydrogen) atoms. The Morgan fingerprint density at radius 3 is 2.50 bits per heavy atom. The van der Waals surface area contributed by atoms with Crippen LogP contribution in [0.15, 0.2) is 24.3 Å². The standard InChI is InChI=1S/C14H17ClN2O3/c15-10-5-7-12(8-6-10)20-9-13(18)17-14(19)16-11-3-1-2-4-11/h5-8,11H,1-4,9H2,(H2,16,17,18,19). The molecule has 1 aromatic rings. The normalized spacial score (nSPS) is 14.8. The molecule has 2 N–H and O–H groups in total. The summed E-state index contributed by atoms with van der Waals surface area (Å²) in [4.78, 5) is 23.1. The zero-order chi connectivity index (χ0) is 14.4. The molecule has 2 rings (SSSR count). The van der Waals surface area contributed by atoms with Crippen LogP contribution >= 0.6 is 11.6 Å². The van der Waals surface area contributed by atoms with Gasteiger partial charge >= 0.3 is 6.03 Å². The van der Waals surface area contributed by atoms with E-state index < -0.39 is 11.9 Å². The van der Waals surface area contributed by atoms with Crippen LogP contribution in [0.2, 0.25) is 5.02 Å². The van der Waals surface area contributed by atoms with Crippen LogP contribution in [0.4, 0.5) is 4.79 Å². The van der Waals surface area contributed by atoms with Gasteiger partial charge in [-0.1, -0.05) is 24.4 Å². The lowest BCUT2D eigenvalue weighted by atomic mass is 10.2. The highest BCUT2D eigenvalue weighted by molar-refractivity contribution is 6.30. The molecule has 0 heterocycles. The summed E-state index contributed by atoms with van der Waals surface area (Å²) in [6.07, 6.45) is 4.20. The molecule has 5 nitrogen and oxygen atoms in total. The number of hydrogen-bond donors (Lipinski definition) is 2. The molecule has 6 heteroatoms. The number of hydrogen-bond acceptors (Lipinski definition) is 3. The predicted molar refractivity (Wildman–Crippen MR) is 75.9 cm³/mol. The molecule has 0 saturated heterocycles. The fraction of sp³-hybridized carbons (Fsp3) is 0.429. The average Bonchev–Trinajstić information content (AvgIpc) is 2.90. The Morgan fingerprint density at radius 1 is 1.20 bits per heavy atom. The van der Waals surface area contributed by atoms with Crippen LogP contribution in [0.25, 0.3) is 0 Å². The number of halogens is 1. The van der Waals surface area contributed by atoms with Crippen LogP contribution in [-0.2, 0) is 4.79 Å². The van der Waals surface area contributed by atoms with E-state index in [9.17, 15) is 9.59 Å². The minimum Gasteiger partial charge on any atom is -0.484 e. The minimum absolute atomic E-state index is 0.181. The van der Waals surface area contributed by atoms with E-state index in [1.54, 1.807) is 24.3 Å². The molecule has 1 aliphatic rings. The van der Waals surface area contributed by atoms with Crippen molar-refractivity contribution in [2.24, 2.45) is 0 Å². The number of nitrogens with one attached hydrogen (secondary N) is 2. The molecule has 3 amide bonds. The number of rotatable bonds is 4. The van der Waals surface area contributed by atoms with Crippen molar-refractivity contribution in [3.63, 3.8) is 0 Å². The largest absolute Gasteiger partial charge is 0.484 e. The molecule has 0 aliphatic heterocycles. The Morgan fingerprint density at radius 2 is 1.85 bits per heavy atom. The van der Waals surface area contributed by atoms with Crippen molar-refractivity contribution in [2.45, 2.75) is 31.7 Å². The van der Waals surface area contributed by atoms with Gasteiger partial charge in [-0.2, -0.15) is 0 Å². The molecule has 0 spiro atoms. The van der Waals surface area contributed by atoms with Crippen LogP contribution in [0.5, 0.6) is 5.75 Å². The van der Waals surface area contributed by atoms with E-state index in [4.69, 9.17) is 16.3 Å². The van der Waals surface area contributed by atoms with Gasteiger partial charge in [-0.05, 0) is 37.1 Å². The SMILES string of the molecule is O=C(COc1ccc(Cl)cc1)NC(=O)NC1CCCC1. The molecule has 1 aromatic carbocycles. The van der Waals surface area contributed by atoms with E-state index >= 15 is 0 Å². The lowest BCUT2D eigenvalue weighted by Crippen LogP contribution is -2.45. The summed E-state index contributed by atoms with van der Waals surface area (Å²) < 4.78 is 5.24. The molecule has 1 fully saturated rings. The lowest BCUT2D eigenvalue weighted by molar-refractivity contribution is -0.122. The van der Waals surface area contributed by atoms with Gasteiger partial charge in [0.1, 0.15) is 5.75 Å². The summed E-state index contributed by atoms with van der Waals surface area (Å²) in [5, 5.41) is 5.62. The van der Waals surface area contributed by atoms with Crippen molar-refractivity contribution in [1.82, 2.24) is 10.6 Å². The third kappa shape index (κ3) is 4.74. The summed E-state index contributed by atoms with van der Waals surface area (Å²) in [5.41, 5.74) is 0. The highest BCUT2D eigenvalue weighted by atomic mass is 35.5. The third-order valence-electron chi connectivity index (χ3n) is 3.13. The molecular weight excluding hydrogens is 280 g/mol. The summed E-state index contributed by atoms with van der Waals surface area (Å²) >= 11 is 5.74. The Kier molecular flexibility index (Phi) is 5.24. The van der Waals surface area contributed by atoms with Crippen molar-refractivity contribution in [3.8, 4) is 5.75 Å². The second kappa shape index (κ2) is 7.14. The average molecular weight is 297 g/mol. The number of imide groups is 1. The van der Waals surface area contributed by atoms with E-state index in [1.807, 2.05) is 0 Å². The maximum Gasteiger partial charge on any atom is 0.321 e. The predicted octanol–water partition coefficient (Wildman–Crippen LogP) is 2.49. The van der Waals surface area contributed by atoms with Gasteiger partial charge in [0.15, 0.2) is 6.61 Å². The van der Waals surface area contributed by atoms with Gasteiger partial charge in [0.25, 0.3) is 5.91 Å². The van der Waals surface area contributed by atoms with Crippen molar-refractivity contribution < 1.29 is 14.3 Å². The van der Waals surface area contributed by atoms with Crippen LogP contribution in [0, 0.1) is 0 Å². The van der Waals surface area contributed by atoms with Crippen molar-refractivity contribution in [2.75, 3.05) is 6.61 Å². The second-order valence-electron chi connectivity index (χ2n) is 4.75. The summed E-state index contributed by atoms with van der Waals surface area (Å²) in [6, 6.07) is 6.38. The first-order valence-electron chi connectivity index (χ1n) is 6.62. The first kappa shape index (κ1) is 14.7. The molecule has 0 unspecified atom stereocenters. The first-order valence-corrected chi connectivity index (χ1v) is 7.00. The number of carbonyl (C=O) groups is 2. The zero-order valence-corrected chi connectivity index (χ0v) is 11.8. The van der Waals surface area contributed by atoms with Crippen LogP contribution in [-0.4, -0.2) is 24.6 Å². The second-order valence-corrected chi connectivity index (χ2v) is 5.18. The van der Waals surface area contributed by atoms with E-state index in [-0.39, 0.29) is 12.6 Å². The van der Waals surface area contributed by atoms with Gasteiger partial charge in [-0.15, -0.1) is 0 Å². The van der Waals surface area contributed by atoms with E-state index in [2.05, 4.69) is 10.6 Å². The fourth-order valence-electron chi connectivity index (χ4n) is 2.13. The summed E-state index contributed by atoms with van der Waals surface area (Å²) in [6.45, 7) is -0.209. The molecule has 1 saturated carbocycles. The van der Waals surface area contributed by atoms with Gasteiger partial charge in [0.2, 0.25) is 0 Å². The zero-order valence-electron chi connectivity index (χ0n) is 11.0. The highest BCUT2D eigenvalue weighted by Crippen LogP contribution is 2.17. The first-order chi connectivity index (χ1) is 9.63. The maximum absolute atomic E-state index is 11.5. The number of benzene rings is 1. The van der Waals surface area contributed by atoms with Gasteiger partial charge in [-0.25, -0.2) is 4.79 Å². The van der Waals surface area contributed by atoms with Crippen molar-refractivity contribution >= 4 is 23.5 Å². The molecule has 0 aromatic heterocycles. The highest BCUT2D eigenvalue weighted by Gasteiger charge is 2.18. The van der Waals surface area contributed by atoms with Gasteiger partial charge < -0.3 is 10.1 Å². The summed E-state index contributed by atoms with van der Waals surface area (Å²) in [7, 11) is 0. The van der Waals surface area contributed by atoms with E-state index in [0.29, 0.717) is 10.8 Å². The van der Waals surface area contributed by atoms with E-state index in [0.717, 1.165) is 25.7 Å². The minimum atomic E-state index is -0.476. The number of urea groups is 1. The van der Waals surface area contributed by atoms with E-state index in [1.165, 1.54) is 0 Å². The molecular formula is C14H17ClN2O3. The lowest BCUT2D eigenvalue weighted by Gasteiger charge is -2.12. The van der Waals surface area contributed by atoms with Gasteiger partial charge in [0, 0.05) is 11.1 Å². The maximum atomic E-state index is 11.5. The molecule has 0 radical (unpaired) electrons. The summed E-state index contributed by atoms with van der Waals surface area (Å²) in [5.74, 6) is 0.0520. The topological polar surface area (TPSA) is 67.4 Å². The van der Waals surface area contributed by atoms with Crippen molar-refractivity contribution in [1.29, 1.82) is 0 Å². The Hall–Kier alpha value is -1.75. The van der Waals surface area contributed by atoms with Crippen LogP contribution in [0.3, 0.4) is 0 Å². The smallest absolute Gasteiger partial charge is 0.321 e. The van der Waals surface area contributed by atoms with Crippen LogP contribution in [0.1, 0.15) is 25.7 Å². The molecule has 0 atom stereocenters. The quantitative estimate of drug-likeness (QED) is 0.897. The third-order valence-corrected chi connectivity index (χ3v) is 3.38. The van der Waals surface area contributed by atoms with Crippen LogP contribution < -0.4 is 15.4 Å². The molecule has 1 aliphatic carbocycles. The Balaban J connectivity index is 1.69. The molecule has 108 valence electrons. The fourth-order valence-corrected chi connectivity index (χ4v) is 2.26.